The number of carbonyl (C=O) groups excluding carboxylic acids is 1. The first-order valence-electron chi connectivity index (χ1n) is 13.9. The maximum atomic E-state index is 11.9. The summed E-state index contributed by atoms with van der Waals surface area (Å²) in [5.74, 6) is 0.759. The van der Waals surface area contributed by atoms with Crippen LogP contribution in [0.15, 0.2) is 36.4 Å². The van der Waals surface area contributed by atoms with Gasteiger partial charge in [0.25, 0.3) is 0 Å². The first-order chi connectivity index (χ1) is 19.0. The van der Waals surface area contributed by atoms with Crippen LogP contribution in [-0.4, -0.2) is 74.8 Å². The maximum absolute atomic E-state index is 11.9. The lowest BCUT2D eigenvalue weighted by Crippen LogP contribution is -2.39. The first-order valence-corrected chi connectivity index (χ1v) is 14.2. The number of rotatable bonds is 4. The molecule has 3 aromatic rings. The first kappa shape index (κ1) is 27.5. The maximum Gasteiger partial charge on any atom is 0.318 e. The molecule has 208 valence electrons. The Bertz CT molecular complexity index is 1300. The summed E-state index contributed by atoms with van der Waals surface area (Å²) in [7, 11) is 5.22. The molecule has 39 heavy (non-hydrogen) atoms. The molecule has 2 fully saturated rings. The number of carbonyl (C=O) groups is 1. The van der Waals surface area contributed by atoms with Crippen molar-refractivity contribution >= 4 is 39.8 Å². The van der Waals surface area contributed by atoms with E-state index in [-0.39, 0.29) is 11.9 Å². The van der Waals surface area contributed by atoms with Crippen molar-refractivity contribution in [1.29, 1.82) is 0 Å². The third-order valence-corrected chi connectivity index (χ3v) is 8.35. The molecule has 0 N–H and O–H groups in total. The minimum Gasteiger partial charge on any atom is -0.469 e. The molecule has 0 saturated carbocycles. The number of esters is 1. The Kier molecular flexibility index (Phi) is 8.72. The zero-order valence-corrected chi connectivity index (χ0v) is 23.9. The van der Waals surface area contributed by atoms with Gasteiger partial charge in [-0.15, -0.1) is 0 Å². The van der Waals surface area contributed by atoms with Gasteiger partial charge in [-0.05, 0) is 69.8 Å². The zero-order valence-electron chi connectivity index (χ0n) is 23.2. The molecule has 2 aromatic carbocycles. The second kappa shape index (κ2) is 12.4. The Labute approximate surface area is 235 Å². The lowest BCUT2D eigenvalue weighted by Gasteiger charge is -2.36. The van der Waals surface area contributed by atoms with Crippen LogP contribution in [0.5, 0.6) is 6.01 Å². The van der Waals surface area contributed by atoms with Crippen LogP contribution < -0.4 is 14.5 Å². The topological polar surface area (TPSA) is 71.0 Å². The standard InChI is InChI=1S/C25H27ClN4O3.C5H11N/c1-32-24(31)17-9-12-29(13-10-17)23-18-11-14-30(15-20(18)27-25(28-23)33-2)21-8-4-6-16-5-3-7-19(26)22(16)21;1-6-4-2-3-5-6/h3-8,17H,9-15H2,1-2H3;2-5H2,1H3. The molecule has 3 aliphatic rings. The number of hydrogen-bond donors (Lipinski definition) is 0. The van der Waals surface area contributed by atoms with E-state index in [1.165, 1.54) is 33.0 Å². The van der Waals surface area contributed by atoms with Gasteiger partial charge in [-0.3, -0.25) is 4.79 Å². The Morgan fingerprint density at radius 3 is 2.31 bits per heavy atom. The average Bonchev–Trinajstić information content (AvgIpc) is 3.47. The number of piperidine rings is 1. The van der Waals surface area contributed by atoms with Crippen LogP contribution in [0.25, 0.3) is 10.8 Å². The van der Waals surface area contributed by atoms with Gasteiger partial charge in [0.1, 0.15) is 5.82 Å². The van der Waals surface area contributed by atoms with Crippen molar-refractivity contribution < 1.29 is 14.3 Å². The minimum atomic E-state index is -0.124. The molecule has 0 bridgehead atoms. The van der Waals surface area contributed by atoms with Crippen molar-refractivity contribution in [3.8, 4) is 6.01 Å². The van der Waals surface area contributed by atoms with E-state index in [9.17, 15) is 4.79 Å². The molecule has 0 unspecified atom stereocenters. The molecule has 4 heterocycles. The summed E-state index contributed by atoms with van der Waals surface area (Å²) in [5, 5.41) is 2.94. The van der Waals surface area contributed by atoms with Crippen LogP contribution in [-0.2, 0) is 22.5 Å². The highest BCUT2D eigenvalue weighted by Gasteiger charge is 2.31. The SMILES string of the molecule is CN1CCCC1.COC(=O)C1CCN(c2nc(OC)nc3c2CCN(c2cccc4cccc(Cl)c24)C3)CC1. The molecule has 0 aliphatic carbocycles. The molecule has 2 saturated heterocycles. The highest BCUT2D eigenvalue weighted by atomic mass is 35.5. The average molecular weight is 552 g/mol. The minimum absolute atomic E-state index is 0.0441. The van der Waals surface area contributed by atoms with Gasteiger partial charge in [0.2, 0.25) is 0 Å². The van der Waals surface area contributed by atoms with E-state index < -0.39 is 0 Å². The molecule has 0 radical (unpaired) electrons. The summed E-state index contributed by atoms with van der Waals surface area (Å²) in [6, 6.07) is 12.7. The van der Waals surface area contributed by atoms with E-state index in [2.05, 4.69) is 46.0 Å². The van der Waals surface area contributed by atoms with Gasteiger partial charge < -0.3 is 24.2 Å². The number of benzene rings is 2. The Hall–Kier alpha value is -3.10. The van der Waals surface area contributed by atoms with Gasteiger partial charge in [0, 0.05) is 36.3 Å². The van der Waals surface area contributed by atoms with Crippen molar-refractivity contribution in [3.63, 3.8) is 0 Å². The Balaban J connectivity index is 0.000000455. The van der Waals surface area contributed by atoms with Gasteiger partial charge in [0.05, 0.1) is 37.4 Å². The molecule has 1 aromatic heterocycles. The Morgan fingerprint density at radius 1 is 0.949 bits per heavy atom. The monoisotopic (exact) mass is 551 g/mol. The van der Waals surface area contributed by atoms with Crippen molar-refractivity contribution in [2.75, 3.05) is 63.8 Å². The van der Waals surface area contributed by atoms with Gasteiger partial charge in [-0.1, -0.05) is 35.9 Å². The van der Waals surface area contributed by atoms with Gasteiger partial charge in [-0.25, -0.2) is 0 Å². The van der Waals surface area contributed by atoms with Crippen LogP contribution in [0.4, 0.5) is 11.5 Å². The van der Waals surface area contributed by atoms with Gasteiger partial charge in [-0.2, -0.15) is 9.97 Å². The lowest BCUT2D eigenvalue weighted by atomic mass is 9.96. The fourth-order valence-corrected chi connectivity index (χ4v) is 6.13. The Morgan fingerprint density at radius 2 is 1.67 bits per heavy atom. The van der Waals surface area contributed by atoms with Crippen molar-refractivity contribution in [1.82, 2.24) is 14.9 Å². The van der Waals surface area contributed by atoms with Crippen LogP contribution >= 0.6 is 11.6 Å². The number of hydrogen-bond acceptors (Lipinski definition) is 8. The second-order valence-corrected chi connectivity index (χ2v) is 10.9. The predicted octanol–water partition coefficient (Wildman–Crippen LogP) is 4.96. The van der Waals surface area contributed by atoms with Crippen LogP contribution in [0.2, 0.25) is 5.02 Å². The van der Waals surface area contributed by atoms with E-state index in [4.69, 9.17) is 31.0 Å². The third-order valence-electron chi connectivity index (χ3n) is 8.04. The number of nitrogens with zero attached hydrogens (tertiary/aromatic N) is 5. The van der Waals surface area contributed by atoms with E-state index in [1.54, 1.807) is 7.11 Å². The molecule has 0 spiro atoms. The molecule has 9 heteroatoms. The molecule has 6 rings (SSSR count). The zero-order chi connectivity index (χ0) is 27.4. The smallest absolute Gasteiger partial charge is 0.318 e. The summed E-state index contributed by atoms with van der Waals surface area (Å²) >= 11 is 6.59. The van der Waals surface area contributed by atoms with Crippen LogP contribution in [0.1, 0.15) is 36.9 Å². The summed E-state index contributed by atoms with van der Waals surface area (Å²) < 4.78 is 10.4. The predicted molar refractivity (Wildman–Crippen MR) is 156 cm³/mol. The summed E-state index contributed by atoms with van der Waals surface area (Å²) in [5.41, 5.74) is 3.25. The van der Waals surface area contributed by atoms with Crippen molar-refractivity contribution in [2.24, 2.45) is 5.92 Å². The molecular formula is C30H38ClN5O3. The van der Waals surface area contributed by atoms with Crippen molar-refractivity contribution in [3.05, 3.63) is 52.7 Å². The number of anilines is 2. The largest absolute Gasteiger partial charge is 0.469 e. The number of ether oxygens (including phenoxy) is 2. The molecule has 0 amide bonds. The third kappa shape index (κ3) is 6.07. The number of methoxy groups -OCH3 is 2. The van der Waals surface area contributed by atoms with E-state index in [0.29, 0.717) is 12.6 Å². The normalized spacial score (nSPS) is 17.9. The molecule has 0 atom stereocenters. The quantitative estimate of drug-likeness (QED) is 0.422. The van der Waals surface area contributed by atoms with Crippen molar-refractivity contribution in [2.45, 2.75) is 38.6 Å². The number of halogens is 1. The molecular weight excluding hydrogens is 514 g/mol. The molecule has 3 aliphatic heterocycles. The summed E-state index contributed by atoms with van der Waals surface area (Å²) in [6.07, 6.45) is 5.17. The fourth-order valence-electron chi connectivity index (χ4n) is 5.86. The second-order valence-electron chi connectivity index (χ2n) is 10.5. The van der Waals surface area contributed by atoms with E-state index >= 15 is 0 Å². The van der Waals surface area contributed by atoms with Crippen LogP contribution in [0.3, 0.4) is 0 Å². The molecule has 8 nitrogen and oxygen atoms in total. The van der Waals surface area contributed by atoms with Gasteiger partial charge >= 0.3 is 12.0 Å². The summed E-state index contributed by atoms with van der Waals surface area (Å²) in [4.78, 5) is 28.3. The highest BCUT2D eigenvalue weighted by Crippen LogP contribution is 2.37. The lowest BCUT2D eigenvalue weighted by molar-refractivity contribution is -0.146. The number of fused-ring (bicyclic) bond motifs is 2. The highest BCUT2D eigenvalue weighted by molar-refractivity contribution is 6.36. The number of likely N-dealkylation sites (tertiary alicyclic amines) is 1. The van der Waals surface area contributed by atoms with E-state index in [1.807, 2.05) is 12.1 Å². The van der Waals surface area contributed by atoms with Gasteiger partial charge in [0.15, 0.2) is 0 Å². The van der Waals surface area contributed by atoms with E-state index in [0.717, 1.165) is 77.5 Å². The number of aromatic nitrogens is 2. The fraction of sp³-hybridized carbons (Fsp3) is 0.500. The van der Waals surface area contributed by atoms with Crippen LogP contribution in [0, 0.1) is 5.92 Å². The summed E-state index contributed by atoms with van der Waals surface area (Å²) in [6.45, 7) is 5.66.